The van der Waals surface area contributed by atoms with E-state index in [2.05, 4.69) is 10.3 Å². The second-order valence-electron chi connectivity index (χ2n) is 3.32. The average molecular weight is 209 g/mol. The highest BCUT2D eigenvalue weighted by molar-refractivity contribution is 5.93. The second-order valence-corrected chi connectivity index (χ2v) is 3.32. The number of aliphatic imine (C=N–C) groups is 1. The fourth-order valence-electron chi connectivity index (χ4n) is 1.19. The van der Waals surface area contributed by atoms with E-state index >= 15 is 0 Å². The molecule has 82 valence electrons. The highest BCUT2D eigenvalue weighted by Gasteiger charge is 2.05. The lowest BCUT2D eigenvalue weighted by atomic mass is 10.2. The Hall–Kier alpha value is -1.58. The third kappa shape index (κ3) is 3.23. The van der Waals surface area contributed by atoms with Crippen LogP contribution in [0.25, 0.3) is 0 Å². The molecule has 0 bridgehead atoms. The van der Waals surface area contributed by atoms with Crippen LogP contribution < -0.4 is 11.1 Å². The molecular formula is C11H16FN3. The van der Waals surface area contributed by atoms with E-state index < -0.39 is 0 Å². The number of halogens is 1. The van der Waals surface area contributed by atoms with Crippen LogP contribution in [0.4, 0.5) is 10.1 Å². The molecule has 0 aliphatic carbocycles. The largest absolute Gasteiger partial charge is 0.370 e. The maximum absolute atomic E-state index is 13.4. The van der Waals surface area contributed by atoms with Crippen molar-refractivity contribution in [2.75, 3.05) is 11.9 Å². The van der Waals surface area contributed by atoms with Crippen molar-refractivity contribution >= 4 is 11.6 Å². The van der Waals surface area contributed by atoms with Crippen LogP contribution in [0.15, 0.2) is 23.2 Å². The van der Waals surface area contributed by atoms with Crippen molar-refractivity contribution in [1.82, 2.24) is 0 Å². The molecule has 0 spiro atoms. The van der Waals surface area contributed by atoms with E-state index in [0.29, 0.717) is 12.2 Å². The molecule has 3 nitrogen and oxygen atoms in total. The number of benzene rings is 1. The summed E-state index contributed by atoms with van der Waals surface area (Å²) >= 11 is 0. The van der Waals surface area contributed by atoms with Gasteiger partial charge >= 0.3 is 0 Å². The smallest absolute Gasteiger partial charge is 0.193 e. The zero-order chi connectivity index (χ0) is 11.3. The molecule has 0 atom stereocenters. The number of nitrogens with one attached hydrogen (secondary N) is 1. The van der Waals surface area contributed by atoms with Gasteiger partial charge < -0.3 is 11.1 Å². The van der Waals surface area contributed by atoms with Gasteiger partial charge in [0.1, 0.15) is 5.82 Å². The Bertz CT molecular complexity index is 341. The molecule has 0 fully saturated rings. The Labute approximate surface area is 89.2 Å². The summed E-state index contributed by atoms with van der Waals surface area (Å²) in [5.41, 5.74) is 6.81. The molecule has 1 rings (SSSR count). The van der Waals surface area contributed by atoms with Gasteiger partial charge in [-0.1, -0.05) is 19.1 Å². The minimum absolute atomic E-state index is 0.255. The maximum atomic E-state index is 13.4. The molecule has 15 heavy (non-hydrogen) atoms. The SMILES string of the molecule is CCCN=C(N)Nc1c(C)cccc1F. The summed E-state index contributed by atoms with van der Waals surface area (Å²) < 4.78 is 13.4. The number of nitrogens with two attached hydrogens (primary N) is 1. The average Bonchev–Trinajstić information content (AvgIpc) is 2.21. The predicted octanol–water partition coefficient (Wildman–Crippen LogP) is 2.27. The van der Waals surface area contributed by atoms with E-state index in [9.17, 15) is 4.39 Å². The summed E-state index contributed by atoms with van der Waals surface area (Å²) in [6, 6.07) is 4.87. The number of para-hydroxylation sites is 1. The van der Waals surface area contributed by atoms with Crippen LogP contribution >= 0.6 is 0 Å². The molecule has 4 heteroatoms. The molecule has 0 unspecified atom stereocenters. The van der Waals surface area contributed by atoms with E-state index in [1.54, 1.807) is 6.07 Å². The van der Waals surface area contributed by atoms with Gasteiger partial charge in [-0.15, -0.1) is 0 Å². The highest BCUT2D eigenvalue weighted by Crippen LogP contribution is 2.17. The van der Waals surface area contributed by atoms with E-state index in [1.807, 2.05) is 19.9 Å². The van der Waals surface area contributed by atoms with Crippen molar-refractivity contribution in [2.45, 2.75) is 20.3 Å². The first kappa shape index (κ1) is 11.5. The van der Waals surface area contributed by atoms with Crippen LogP contribution in [0.3, 0.4) is 0 Å². The van der Waals surface area contributed by atoms with E-state index in [1.165, 1.54) is 6.07 Å². The second kappa shape index (κ2) is 5.34. The Morgan fingerprint density at radius 1 is 1.53 bits per heavy atom. The first-order chi connectivity index (χ1) is 7.15. The van der Waals surface area contributed by atoms with Gasteiger partial charge in [0.2, 0.25) is 0 Å². The Kier molecular flexibility index (Phi) is 4.09. The minimum Gasteiger partial charge on any atom is -0.370 e. The van der Waals surface area contributed by atoms with Crippen LogP contribution in [0.1, 0.15) is 18.9 Å². The van der Waals surface area contributed by atoms with Crippen LogP contribution in [-0.4, -0.2) is 12.5 Å². The van der Waals surface area contributed by atoms with E-state index in [0.717, 1.165) is 12.0 Å². The molecule has 0 saturated heterocycles. The molecular weight excluding hydrogens is 193 g/mol. The molecule has 1 aromatic rings. The third-order valence-electron chi connectivity index (χ3n) is 1.98. The summed E-state index contributed by atoms with van der Waals surface area (Å²) in [5, 5.41) is 2.77. The van der Waals surface area contributed by atoms with E-state index in [4.69, 9.17) is 5.73 Å². The Balaban J connectivity index is 2.80. The minimum atomic E-state index is -0.315. The third-order valence-corrected chi connectivity index (χ3v) is 1.98. The molecule has 0 saturated carbocycles. The zero-order valence-electron chi connectivity index (χ0n) is 9.05. The highest BCUT2D eigenvalue weighted by atomic mass is 19.1. The first-order valence-electron chi connectivity index (χ1n) is 4.97. The summed E-state index contributed by atoms with van der Waals surface area (Å²) in [4.78, 5) is 4.04. The van der Waals surface area contributed by atoms with Crippen molar-refractivity contribution in [3.63, 3.8) is 0 Å². The summed E-state index contributed by atoms with van der Waals surface area (Å²) in [5.74, 6) is -0.0605. The quantitative estimate of drug-likeness (QED) is 0.592. The Morgan fingerprint density at radius 2 is 2.27 bits per heavy atom. The normalized spacial score (nSPS) is 11.5. The number of rotatable bonds is 3. The lowest BCUT2D eigenvalue weighted by Gasteiger charge is -2.09. The molecule has 0 amide bonds. The van der Waals surface area contributed by atoms with Gasteiger partial charge in [-0.05, 0) is 25.0 Å². The monoisotopic (exact) mass is 209 g/mol. The van der Waals surface area contributed by atoms with Gasteiger partial charge in [-0.3, -0.25) is 4.99 Å². The summed E-state index contributed by atoms with van der Waals surface area (Å²) in [7, 11) is 0. The van der Waals surface area contributed by atoms with Gasteiger partial charge in [0, 0.05) is 6.54 Å². The predicted molar refractivity (Wildman–Crippen MR) is 61.5 cm³/mol. The lowest BCUT2D eigenvalue weighted by Crippen LogP contribution is -2.24. The van der Waals surface area contributed by atoms with Crippen molar-refractivity contribution in [1.29, 1.82) is 0 Å². The molecule has 0 aromatic heterocycles. The van der Waals surface area contributed by atoms with Gasteiger partial charge in [0.05, 0.1) is 5.69 Å². The van der Waals surface area contributed by atoms with Crippen molar-refractivity contribution in [3.05, 3.63) is 29.6 Å². The van der Waals surface area contributed by atoms with Gasteiger partial charge in [0.15, 0.2) is 5.96 Å². The van der Waals surface area contributed by atoms with Crippen LogP contribution in [-0.2, 0) is 0 Å². The summed E-state index contributed by atoms with van der Waals surface area (Å²) in [6.07, 6.45) is 0.915. The number of hydrogen-bond donors (Lipinski definition) is 2. The Morgan fingerprint density at radius 3 is 2.87 bits per heavy atom. The standard InChI is InChI=1S/C11H16FN3/c1-3-7-14-11(13)15-10-8(2)5-4-6-9(10)12/h4-6H,3,7H2,1-2H3,(H3,13,14,15). The number of anilines is 1. The van der Waals surface area contributed by atoms with Gasteiger partial charge in [-0.2, -0.15) is 0 Å². The fraction of sp³-hybridized carbons (Fsp3) is 0.364. The van der Waals surface area contributed by atoms with Crippen LogP contribution in [0.2, 0.25) is 0 Å². The molecule has 0 aliphatic rings. The topological polar surface area (TPSA) is 50.4 Å². The van der Waals surface area contributed by atoms with E-state index in [-0.39, 0.29) is 11.8 Å². The lowest BCUT2D eigenvalue weighted by molar-refractivity contribution is 0.631. The molecule has 0 heterocycles. The molecule has 0 aliphatic heterocycles. The molecule has 3 N–H and O–H groups in total. The first-order valence-corrected chi connectivity index (χ1v) is 4.97. The van der Waals surface area contributed by atoms with Crippen LogP contribution in [0, 0.1) is 12.7 Å². The number of guanidine groups is 1. The van der Waals surface area contributed by atoms with Gasteiger partial charge in [0.25, 0.3) is 0 Å². The van der Waals surface area contributed by atoms with Crippen molar-refractivity contribution in [2.24, 2.45) is 10.7 Å². The number of hydrogen-bond acceptors (Lipinski definition) is 1. The van der Waals surface area contributed by atoms with Crippen LogP contribution in [0.5, 0.6) is 0 Å². The molecule has 1 aromatic carbocycles. The summed E-state index contributed by atoms with van der Waals surface area (Å²) in [6.45, 7) is 4.47. The zero-order valence-corrected chi connectivity index (χ0v) is 9.05. The number of nitrogens with zero attached hydrogens (tertiary/aromatic N) is 1. The van der Waals surface area contributed by atoms with Crippen molar-refractivity contribution < 1.29 is 4.39 Å². The van der Waals surface area contributed by atoms with Crippen molar-refractivity contribution in [3.8, 4) is 0 Å². The van der Waals surface area contributed by atoms with Gasteiger partial charge in [-0.25, -0.2) is 4.39 Å². The fourth-order valence-corrected chi connectivity index (χ4v) is 1.19. The number of aryl methyl sites for hydroxylation is 1. The maximum Gasteiger partial charge on any atom is 0.193 e. The molecule has 0 radical (unpaired) electrons.